The second kappa shape index (κ2) is 9.05. The SMILES string of the molecule is COc1cccc(C2=NN(C(=O)c3ccco3)[C@@H](c3cc(OC)c(OC)c(OC)c3)C2)c1. The van der Waals surface area contributed by atoms with Gasteiger partial charge < -0.3 is 23.4 Å². The lowest BCUT2D eigenvalue weighted by Gasteiger charge is -2.23. The maximum atomic E-state index is 13.2. The molecule has 166 valence electrons. The highest BCUT2D eigenvalue weighted by Gasteiger charge is 2.36. The first-order valence-electron chi connectivity index (χ1n) is 9.98. The van der Waals surface area contributed by atoms with Crippen molar-refractivity contribution >= 4 is 11.6 Å². The second-order valence-electron chi connectivity index (χ2n) is 7.08. The van der Waals surface area contributed by atoms with Gasteiger partial charge in [-0.05, 0) is 42.0 Å². The molecule has 1 aliphatic heterocycles. The number of rotatable bonds is 7. The molecule has 1 aliphatic rings. The summed E-state index contributed by atoms with van der Waals surface area (Å²) in [7, 11) is 6.27. The highest BCUT2D eigenvalue weighted by Crippen LogP contribution is 2.43. The van der Waals surface area contributed by atoms with Gasteiger partial charge in [-0.25, -0.2) is 5.01 Å². The molecule has 0 saturated carbocycles. The van der Waals surface area contributed by atoms with Crippen LogP contribution in [0.25, 0.3) is 0 Å². The molecule has 2 heterocycles. The summed E-state index contributed by atoms with van der Waals surface area (Å²) in [6, 6.07) is 14.1. The van der Waals surface area contributed by atoms with Crippen LogP contribution in [0.5, 0.6) is 23.0 Å². The number of amides is 1. The van der Waals surface area contributed by atoms with Crippen molar-refractivity contribution < 1.29 is 28.2 Å². The number of hydrazone groups is 1. The van der Waals surface area contributed by atoms with E-state index in [2.05, 4.69) is 5.10 Å². The zero-order chi connectivity index (χ0) is 22.7. The van der Waals surface area contributed by atoms with Crippen molar-refractivity contribution in [2.45, 2.75) is 12.5 Å². The van der Waals surface area contributed by atoms with Crippen LogP contribution >= 0.6 is 0 Å². The largest absolute Gasteiger partial charge is 0.497 e. The van der Waals surface area contributed by atoms with E-state index in [4.69, 9.17) is 23.4 Å². The number of furan rings is 1. The van der Waals surface area contributed by atoms with E-state index in [1.165, 1.54) is 11.3 Å². The van der Waals surface area contributed by atoms with Crippen molar-refractivity contribution in [3.05, 3.63) is 71.7 Å². The average Bonchev–Trinajstić information content (AvgIpc) is 3.53. The molecule has 3 aromatic rings. The van der Waals surface area contributed by atoms with Crippen molar-refractivity contribution in [2.24, 2.45) is 5.10 Å². The first-order valence-corrected chi connectivity index (χ1v) is 9.98. The van der Waals surface area contributed by atoms with Gasteiger partial charge in [-0.2, -0.15) is 5.10 Å². The third kappa shape index (κ3) is 3.87. The van der Waals surface area contributed by atoms with E-state index in [1.807, 2.05) is 36.4 Å². The van der Waals surface area contributed by atoms with E-state index in [1.54, 1.807) is 40.6 Å². The Labute approximate surface area is 185 Å². The third-order valence-corrected chi connectivity index (χ3v) is 5.33. The number of carbonyl (C=O) groups is 1. The highest BCUT2D eigenvalue weighted by atomic mass is 16.5. The Morgan fingerprint density at radius 1 is 0.969 bits per heavy atom. The predicted octanol–water partition coefficient (Wildman–Crippen LogP) is 4.31. The normalized spacial score (nSPS) is 15.3. The molecular formula is C24H24N2O6. The topological polar surface area (TPSA) is 82.7 Å². The molecule has 4 rings (SSSR count). The van der Waals surface area contributed by atoms with Crippen LogP contribution < -0.4 is 18.9 Å². The number of hydrogen-bond acceptors (Lipinski definition) is 7. The van der Waals surface area contributed by atoms with E-state index < -0.39 is 6.04 Å². The highest BCUT2D eigenvalue weighted by molar-refractivity contribution is 6.04. The van der Waals surface area contributed by atoms with Gasteiger partial charge in [0.1, 0.15) is 5.75 Å². The van der Waals surface area contributed by atoms with Crippen molar-refractivity contribution in [3.8, 4) is 23.0 Å². The number of ether oxygens (including phenoxy) is 4. The average molecular weight is 436 g/mol. The summed E-state index contributed by atoms with van der Waals surface area (Å²) in [5, 5.41) is 6.11. The van der Waals surface area contributed by atoms with E-state index >= 15 is 0 Å². The molecule has 32 heavy (non-hydrogen) atoms. The number of hydrogen-bond donors (Lipinski definition) is 0. The summed E-state index contributed by atoms with van der Waals surface area (Å²) in [6.07, 6.45) is 1.95. The molecular weight excluding hydrogens is 412 g/mol. The van der Waals surface area contributed by atoms with E-state index in [9.17, 15) is 4.79 Å². The van der Waals surface area contributed by atoms with Gasteiger partial charge in [0.2, 0.25) is 5.75 Å². The zero-order valence-corrected chi connectivity index (χ0v) is 18.3. The molecule has 1 aromatic heterocycles. The molecule has 8 nitrogen and oxygen atoms in total. The number of benzene rings is 2. The van der Waals surface area contributed by atoms with Crippen molar-refractivity contribution in [1.82, 2.24) is 5.01 Å². The Bertz CT molecular complexity index is 1110. The monoisotopic (exact) mass is 436 g/mol. The lowest BCUT2D eigenvalue weighted by atomic mass is 9.97. The molecule has 1 amide bonds. The summed E-state index contributed by atoms with van der Waals surface area (Å²) in [6.45, 7) is 0. The molecule has 0 saturated heterocycles. The summed E-state index contributed by atoms with van der Waals surface area (Å²) < 4.78 is 27.1. The lowest BCUT2D eigenvalue weighted by Crippen LogP contribution is -2.26. The van der Waals surface area contributed by atoms with E-state index in [0.29, 0.717) is 29.4 Å². The maximum absolute atomic E-state index is 13.2. The van der Waals surface area contributed by atoms with Crippen LogP contribution in [0.2, 0.25) is 0 Å². The molecule has 0 N–H and O–H groups in total. The van der Waals surface area contributed by atoms with Crippen molar-refractivity contribution in [2.75, 3.05) is 28.4 Å². The fourth-order valence-electron chi connectivity index (χ4n) is 3.74. The van der Waals surface area contributed by atoms with Crippen LogP contribution in [0.3, 0.4) is 0 Å². The van der Waals surface area contributed by atoms with Gasteiger partial charge in [0.05, 0.1) is 46.5 Å². The van der Waals surface area contributed by atoms with Crippen molar-refractivity contribution in [3.63, 3.8) is 0 Å². The Hall–Kier alpha value is -3.94. The summed E-state index contributed by atoms with van der Waals surface area (Å²) in [5.41, 5.74) is 2.42. The summed E-state index contributed by atoms with van der Waals surface area (Å²) >= 11 is 0. The quantitative estimate of drug-likeness (QED) is 0.549. The lowest BCUT2D eigenvalue weighted by molar-refractivity contribution is 0.0678. The van der Waals surface area contributed by atoms with Crippen LogP contribution in [0.4, 0.5) is 0 Å². The van der Waals surface area contributed by atoms with Gasteiger partial charge in [-0.1, -0.05) is 12.1 Å². The fourth-order valence-corrected chi connectivity index (χ4v) is 3.74. The van der Waals surface area contributed by atoms with E-state index in [0.717, 1.165) is 16.8 Å². The minimum atomic E-state index is -0.400. The summed E-state index contributed by atoms with van der Waals surface area (Å²) in [5.74, 6) is 2.06. The first-order chi connectivity index (χ1) is 15.6. The Morgan fingerprint density at radius 3 is 2.31 bits per heavy atom. The zero-order valence-electron chi connectivity index (χ0n) is 18.3. The third-order valence-electron chi connectivity index (χ3n) is 5.33. The van der Waals surface area contributed by atoms with Crippen LogP contribution in [0.1, 0.15) is 34.1 Å². The molecule has 1 atom stereocenters. The number of carbonyl (C=O) groups excluding carboxylic acids is 1. The molecule has 0 unspecified atom stereocenters. The van der Waals surface area contributed by atoms with Crippen LogP contribution in [0, 0.1) is 0 Å². The minimum Gasteiger partial charge on any atom is -0.497 e. The Morgan fingerprint density at radius 2 is 1.72 bits per heavy atom. The van der Waals surface area contributed by atoms with Gasteiger partial charge >= 0.3 is 5.91 Å². The van der Waals surface area contributed by atoms with Gasteiger partial charge in [0, 0.05) is 12.0 Å². The maximum Gasteiger partial charge on any atom is 0.310 e. The van der Waals surface area contributed by atoms with Gasteiger partial charge in [-0.3, -0.25) is 4.79 Å². The second-order valence-corrected chi connectivity index (χ2v) is 7.08. The van der Waals surface area contributed by atoms with Crippen LogP contribution in [-0.4, -0.2) is 45.1 Å². The molecule has 0 bridgehead atoms. The number of nitrogens with zero attached hydrogens (tertiary/aromatic N) is 2. The van der Waals surface area contributed by atoms with Gasteiger partial charge in [0.15, 0.2) is 17.3 Å². The smallest absolute Gasteiger partial charge is 0.310 e. The first kappa shape index (κ1) is 21.3. The van der Waals surface area contributed by atoms with Crippen LogP contribution in [-0.2, 0) is 0 Å². The van der Waals surface area contributed by atoms with Crippen LogP contribution in [0.15, 0.2) is 64.3 Å². The van der Waals surface area contributed by atoms with Gasteiger partial charge in [0.25, 0.3) is 0 Å². The standard InChI is InChI=1S/C24H24N2O6/c1-28-17-8-5-7-15(11-17)18-14-19(26(25-18)24(27)20-9-6-10-32-20)16-12-21(29-2)23(31-4)22(13-16)30-3/h5-13,19H,14H2,1-4H3/t19-/m1/s1. The molecule has 0 spiro atoms. The molecule has 8 heteroatoms. The molecule has 0 aliphatic carbocycles. The molecule has 0 fully saturated rings. The van der Waals surface area contributed by atoms with E-state index in [-0.39, 0.29) is 11.7 Å². The number of methoxy groups -OCH3 is 4. The minimum absolute atomic E-state index is 0.207. The Balaban J connectivity index is 1.79. The Kier molecular flexibility index (Phi) is 6.02. The van der Waals surface area contributed by atoms with Crippen molar-refractivity contribution in [1.29, 1.82) is 0 Å². The summed E-state index contributed by atoms with van der Waals surface area (Å²) in [4.78, 5) is 13.2. The molecule has 0 radical (unpaired) electrons. The predicted molar refractivity (Wildman–Crippen MR) is 118 cm³/mol. The van der Waals surface area contributed by atoms with Gasteiger partial charge in [-0.15, -0.1) is 0 Å². The fraction of sp³-hybridized carbons (Fsp3) is 0.250. The molecule has 2 aromatic carbocycles.